The van der Waals surface area contributed by atoms with Crippen LogP contribution in [0.1, 0.15) is 44.6 Å². The SMILES string of the molecule is CCNC(=NCC(CC)c1ccccc1)N1CCC2(CCOC2)C1. The van der Waals surface area contributed by atoms with Crippen molar-refractivity contribution in [2.45, 2.75) is 39.0 Å². The first-order valence-electron chi connectivity index (χ1n) is 9.42. The summed E-state index contributed by atoms with van der Waals surface area (Å²) in [7, 11) is 0. The zero-order valence-electron chi connectivity index (χ0n) is 15.1. The van der Waals surface area contributed by atoms with Crippen molar-refractivity contribution in [3.8, 4) is 0 Å². The number of nitrogens with one attached hydrogen (secondary N) is 1. The van der Waals surface area contributed by atoms with E-state index in [1.165, 1.54) is 18.4 Å². The van der Waals surface area contributed by atoms with E-state index >= 15 is 0 Å². The third kappa shape index (κ3) is 3.92. The Bertz CT molecular complexity index is 537. The van der Waals surface area contributed by atoms with Crippen molar-refractivity contribution in [1.29, 1.82) is 0 Å². The lowest BCUT2D eigenvalue weighted by Crippen LogP contribution is -2.41. The summed E-state index contributed by atoms with van der Waals surface area (Å²) in [6.07, 6.45) is 3.54. The van der Waals surface area contributed by atoms with Crippen molar-refractivity contribution in [1.82, 2.24) is 10.2 Å². The molecule has 2 saturated heterocycles. The van der Waals surface area contributed by atoms with Crippen molar-refractivity contribution in [3.63, 3.8) is 0 Å². The van der Waals surface area contributed by atoms with Crippen LogP contribution in [0.3, 0.4) is 0 Å². The van der Waals surface area contributed by atoms with Crippen molar-refractivity contribution < 1.29 is 4.74 Å². The highest BCUT2D eigenvalue weighted by molar-refractivity contribution is 5.80. The highest BCUT2D eigenvalue weighted by Crippen LogP contribution is 2.38. The van der Waals surface area contributed by atoms with E-state index in [1.54, 1.807) is 0 Å². The summed E-state index contributed by atoms with van der Waals surface area (Å²) in [5, 5.41) is 3.50. The van der Waals surface area contributed by atoms with E-state index in [4.69, 9.17) is 9.73 Å². The molecule has 1 spiro atoms. The summed E-state index contributed by atoms with van der Waals surface area (Å²) in [4.78, 5) is 7.43. The fourth-order valence-electron chi connectivity index (χ4n) is 3.91. The van der Waals surface area contributed by atoms with Gasteiger partial charge in [0.05, 0.1) is 6.61 Å². The predicted molar refractivity (Wildman–Crippen MR) is 99.5 cm³/mol. The second-order valence-electron chi connectivity index (χ2n) is 7.18. The van der Waals surface area contributed by atoms with Gasteiger partial charge < -0.3 is 15.0 Å². The summed E-state index contributed by atoms with van der Waals surface area (Å²) in [6.45, 7) is 10.2. The van der Waals surface area contributed by atoms with Gasteiger partial charge in [0.15, 0.2) is 5.96 Å². The van der Waals surface area contributed by atoms with E-state index in [1.807, 2.05) is 0 Å². The van der Waals surface area contributed by atoms with Gasteiger partial charge in [-0.2, -0.15) is 0 Å². The Morgan fingerprint density at radius 3 is 2.79 bits per heavy atom. The van der Waals surface area contributed by atoms with Crippen LogP contribution in [-0.4, -0.2) is 50.3 Å². The van der Waals surface area contributed by atoms with Crippen molar-refractivity contribution in [3.05, 3.63) is 35.9 Å². The van der Waals surface area contributed by atoms with E-state index in [-0.39, 0.29) is 0 Å². The maximum atomic E-state index is 5.66. The number of nitrogens with zero attached hydrogens (tertiary/aromatic N) is 2. The number of hydrogen-bond donors (Lipinski definition) is 1. The number of likely N-dealkylation sites (tertiary alicyclic amines) is 1. The van der Waals surface area contributed by atoms with Gasteiger partial charge in [0.1, 0.15) is 0 Å². The predicted octanol–water partition coefficient (Wildman–Crippen LogP) is 3.26. The van der Waals surface area contributed by atoms with Gasteiger partial charge in [-0.1, -0.05) is 37.3 Å². The molecule has 24 heavy (non-hydrogen) atoms. The first kappa shape index (κ1) is 17.3. The summed E-state index contributed by atoms with van der Waals surface area (Å²) < 4.78 is 5.66. The standard InChI is InChI=1S/C20H31N3O/c1-3-17(18-8-6-5-7-9-18)14-22-19(21-4-2)23-12-10-20(15-23)11-13-24-16-20/h5-9,17H,3-4,10-16H2,1-2H3,(H,21,22). The summed E-state index contributed by atoms with van der Waals surface area (Å²) in [5.41, 5.74) is 1.77. The molecule has 2 aliphatic rings. The molecule has 2 aliphatic heterocycles. The van der Waals surface area contributed by atoms with Crippen LogP contribution in [0.4, 0.5) is 0 Å². The van der Waals surface area contributed by atoms with Crippen molar-refractivity contribution in [2.75, 3.05) is 39.4 Å². The average molecular weight is 329 g/mol. The van der Waals surface area contributed by atoms with Gasteiger partial charge in [-0.05, 0) is 31.7 Å². The molecule has 1 aromatic carbocycles. The number of benzene rings is 1. The molecular weight excluding hydrogens is 298 g/mol. The Morgan fingerprint density at radius 1 is 1.29 bits per heavy atom. The van der Waals surface area contributed by atoms with Crippen LogP contribution in [0, 0.1) is 5.41 Å². The molecule has 0 radical (unpaired) electrons. The lowest BCUT2D eigenvalue weighted by atomic mass is 9.87. The first-order valence-corrected chi connectivity index (χ1v) is 9.42. The van der Waals surface area contributed by atoms with E-state index < -0.39 is 0 Å². The Morgan fingerprint density at radius 2 is 2.12 bits per heavy atom. The molecule has 0 amide bonds. The second kappa shape index (κ2) is 8.02. The Hall–Kier alpha value is -1.55. The summed E-state index contributed by atoms with van der Waals surface area (Å²) >= 11 is 0. The van der Waals surface area contributed by atoms with E-state index in [9.17, 15) is 0 Å². The number of guanidine groups is 1. The third-order valence-electron chi connectivity index (χ3n) is 5.48. The summed E-state index contributed by atoms with van der Waals surface area (Å²) in [5.74, 6) is 1.57. The molecule has 2 unspecified atom stereocenters. The van der Waals surface area contributed by atoms with Gasteiger partial charge in [-0.15, -0.1) is 0 Å². The molecular formula is C20H31N3O. The molecule has 0 saturated carbocycles. The molecule has 3 rings (SSSR count). The third-order valence-corrected chi connectivity index (χ3v) is 5.48. The van der Waals surface area contributed by atoms with Crippen LogP contribution in [-0.2, 0) is 4.74 Å². The van der Waals surface area contributed by atoms with Crippen LogP contribution in [0.5, 0.6) is 0 Å². The molecule has 0 aromatic heterocycles. The Labute approximate surface area is 146 Å². The number of aliphatic imine (C=N–C) groups is 1. The van der Waals surface area contributed by atoms with Gasteiger partial charge in [0.2, 0.25) is 0 Å². The minimum atomic E-state index is 0.375. The van der Waals surface area contributed by atoms with Crippen molar-refractivity contribution >= 4 is 5.96 Å². The fraction of sp³-hybridized carbons (Fsp3) is 0.650. The van der Waals surface area contributed by atoms with Crippen molar-refractivity contribution in [2.24, 2.45) is 10.4 Å². The molecule has 4 heteroatoms. The average Bonchev–Trinajstić information content (AvgIpc) is 3.26. The number of rotatable bonds is 5. The molecule has 132 valence electrons. The molecule has 4 nitrogen and oxygen atoms in total. The monoisotopic (exact) mass is 329 g/mol. The topological polar surface area (TPSA) is 36.9 Å². The van der Waals surface area contributed by atoms with Crippen LogP contribution >= 0.6 is 0 Å². The zero-order valence-corrected chi connectivity index (χ0v) is 15.1. The Balaban J connectivity index is 1.67. The molecule has 1 N–H and O–H groups in total. The zero-order chi connectivity index (χ0) is 16.8. The molecule has 0 bridgehead atoms. The molecule has 1 aromatic rings. The lowest BCUT2D eigenvalue weighted by molar-refractivity contribution is 0.156. The molecule has 2 fully saturated rings. The number of hydrogen-bond acceptors (Lipinski definition) is 2. The van der Waals surface area contributed by atoms with Gasteiger partial charge in [-0.3, -0.25) is 4.99 Å². The summed E-state index contributed by atoms with van der Waals surface area (Å²) in [6, 6.07) is 10.8. The van der Waals surface area contributed by atoms with Crippen LogP contribution in [0.2, 0.25) is 0 Å². The van der Waals surface area contributed by atoms with E-state index in [0.29, 0.717) is 11.3 Å². The second-order valence-corrected chi connectivity index (χ2v) is 7.18. The first-order chi connectivity index (χ1) is 11.8. The number of ether oxygens (including phenoxy) is 1. The van der Waals surface area contributed by atoms with E-state index in [0.717, 1.165) is 51.8 Å². The molecule has 0 aliphatic carbocycles. The van der Waals surface area contributed by atoms with Crippen LogP contribution in [0.15, 0.2) is 35.3 Å². The van der Waals surface area contributed by atoms with Gasteiger partial charge >= 0.3 is 0 Å². The highest BCUT2D eigenvalue weighted by atomic mass is 16.5. The Kier molecular flexibility index (Phi) is 5.77. The van der Waals surface area contributed by atoms with Crippen LogP contribution < -0.4 is 5.32 Å². The normalized spacial score (nSPS) is 25.4. The maximum Gasteiger partial charge on any atom is 0.193 e. The smallest absolute Gasteiger partial charge is 0.193 e. The largest absolute Gasteiger partial charge is 0.381 e. The van der Waals surface area contributed by atoms with Crippen LogP contribution in [0.25, 0.3) is 0 Å². The quantitative estimate of drug-likeness (QED) is 0.665. The molecule has 2 atom stereocenters. The minimum absolute atomic E-state index is 0.375. The maximum absolute atomic E-state index is 5.66. The van der Waals surface area contributed by atoms with Gasteiger partial charge in [0, 0.05) is 44.1 Å². The minimum Gasteiger partial charge on any atom is -0.381 e. The van der Waals surface area contributed by atoms with Gasteiger partial charge in [-0.25, -0.2) is 0 Å². The fourth-order valence-corrected chi connectivity index (χ4v) is 3.91. The highest BCUT2D eigenvalue weighted by Gasteiger charge is 2.42. The lowest BCUT2D eigenvalue weighted by Gasteiger charge is -2.25. The molecule has 2 heterocycles. The van der Waals surface area contributed by atoms with Gasteiger partial charge in [0.25, 0.3) is 0 Å². The van der Waals surface area contributed by atoms with E-state index in [2.05, 4.69) is 54.4 Å².